The molecular formula is C19H17N3O4. The van der Waals surface area contributed by atoms with Crippen LogP contribution in [0.4, 0.5) is 5.69 Å². The van der Waals surface area contributed by atoms with E-state index in [2.05, 4.69) is 15.5 Å². The molecule has 26 heavy (non-hydrogen) atoms. The lowest BCUT2D eigenvalue weighted by Crippen LogP contribution is -2.15. The Bertz CT molecular complexity index is 1050. The van der Waals surface area contributed by atoms with Gasteiger partial charge in [-0.2, -0.15) is 0 Å². The van der Waals surface area contributed by atoms with E-state index in [1.54, 1.807) is 19.1 Å². The van der Waals surface area contributed by atoms with Crippen LogP contribution in [0, 0.1) is 13.8 Å². The predicted octanol–water partition coefficient (Wildman–Crippen LogP) is 3.67. The second-order valence-electron chi connectivity index (χ2n) is 6.61. The summed E-state index contributed by atoms with van der Waals surface area (Å²) in [7, 11) is 0. The first-order chi connectivity index (χ1) is 12.4. The van der Waals surface area contributed by atoms with Crippen molar-refractivity contribution in [2.75, 3.05) is 5.32 Å². The van der Waals surface area contributed by atoms with Crippen LogP contribution >= 0.6 is 0 Å². The zero-order chi connectivity index (χ0) is 18.4. The SMILES string of the molecule is Cc1ccc(C(=O)O)cc1NC(=O)c1cc(C2CC2)nc2onc(C)c12. The van der Waals surface area contributed by atoms with Crippen molar-refractivity contribution in [3.8, 4) is 0 Å². The molecule has 1 aliphatic rings. The number of amides is 1. The number of nitrogens with one attached hydrogen (secondary N) is 1. The molecule has 7 nitrogen and oxygen atoms in total. The highest BCUT2D eigenvalue weighted by atomic mass is 16.5. The third-order valence-corrected chi connectivity index (χ3v) is 4.61. The molecule has 1 aliphatic carbocycles. The van der Waals surface area contributed by atoms with Crippen molar-refractivity contribution < 1.29 is 19.2 Å². The average molecular weight is 351 g/mol. The van der Waals surface area contributed by atoms with E-state index in [9.17, 15) is 9.59 Å². The first-order valence-corrected chi connectivity index (χ1v) is 8.36. The molecule has 132 valence electrons. The van der Waals surface area contributed by atoms with E-state index < -0.39 is 5.97 Å². The minimum atomic E-state index is -1.04. The van der Waals surface area contributed by atoms with Crippen molar-refractivity contribution in [2.45, 2.75) is 32.6 Å². The maximum Gasteiger partial charge on any atom is 0.335 e. The molecule has 1 saturated carbocycles. The predicted molar refractivity (Wildman–Crippen MR) is 94.6 cm³/mol. The molecule has 1 fully saturated rings. The van der Waals surface area contributed by atoms with E-state index >= 15 is 0 Å². The quantitative estimate of drug-likeness (QED) is 0.743. The van der Waals surface area contributed by atoms with Gasteiger partial charge in [-0.05, 0) is 50.5 Å². The van der Waals surface area contributed by atoms with Gasteiger partial charge in [0.15, 0.2) is 0 Å². The van der Waals surface area contributed by atoms with Gasteiger partial charge in [0.25, 0.3) is 11.6 Å². The number of aromatic nitrogens is 2. The molecule has 0 bridgehead atoms. The van der Waals surface area contributed by atoms with Crippen LogP contribution in [0.5, 0.6) is 0 Å². The summed E-state index contributed by atoms with van der Waals surface area (Å²) in [6.07, 6.45) is 2.10. The highest BCUT2D eigenvalue weighted by Crippen LogP contribution is 2.40. The molecule has 1 amide bonds. The van der Waals surface area contributed by atoms with Gasteiger partial charge in [-0.1, -0.05) is 11.2 Å². The lowest BCUT2D eigenvalue weighted by molar-refractivity contribution is 0.0696. The molecule has 3 aromatic rings. The van der Waals surface area contributed by atoms with Gasteiger partial charge in [0.1, 0.15) is 0 Å². The van der Waals surface area contributed by atoms with Crippen molar-refractivity contribution in [2.24, 2.45) is 0 Å². The molecule has 7 heteroatoms. The van der Waals surface area contributed by atoms with Gasteiger partial charge in [-0.3, -0.25) is 4.79 Å². The molecule has 2 heterocycles. The second-order valence-corrected chi connectivity index (χ2v) is 6.61. The van der Waals surface area contributed by atoms with Gasteiger partial charge in [-0.25, -0.2) is 9.78 Å². The zero-order valence-corrected chi connectivity index (χ0v) is 14.4. The fourth-order valence-electron chi connectivity index (χ4n) is 2.96. The summed E-state index contributed by atoms with van der Waals surface area (Å²) in [6, 6.07) is 6.42. The minimum Gasteiger partial charge on any atom is -0.478 e. The number of rotatable bonds is 4. The third kappa shape index (κ3) is 2.81. The Morgan fingerprint density at radius 2 is 2.00 bits per heavy atom. The van der Waals surface area contributed by atoms with Crippen LogP contribution < -0.4 is 5.32 Å². The molecule has 0 aliphatic heterocycles. The lowest BCUT2D eigenvalue weighted by atomic mass is 10.1. The summed E-state index contributed by atoms with van der Waals surface area (Å²) in [5, 5.41) is 16.5. The second kappa shape index (κ2) is 5.94. The Morgan fingerprint density at radius 1 is 1.23 bits per heavy atom. The topological polar surface area (TPSA) is 105 Å². The average Bonchev–Trinajstić information content (AvgIpc) is 3.40. The van der Waals surface area contributed by atoms with Gasteiger partial charge < -0.3 is 14.9 Å². The normalized spacial score (nSPS) is 13.8. The Morgan fingerprint density at radius 3 is 2.69 bits per heavy atom. The number of carboxylic acids is 1. The number of nitrogens with zero attached hydrogens (tertiary/aromatic N) is 2. The Hall–Kier alpha value is -3.22. The van der Waals surface area contributed by atoms with Gasteiger partial charge >= 0.3 is 5.97 Å². The van der Waals surface area contributed by atoms with E-state index in [0.29, 0.717) is 34.0 Å². The number of benzene rings is 1. The van der Waals surface area contributed by atoms with Crippen LogP contribution in [0.25, 0.3) is 11.1 Å². The molecule has 2 aromatic heterocycles. The summed E-state index contributed by atoms with van der Waals surface area (Å²) in [6.45, 7) is 3.57. The van der Waals surface area contributed by atoms with Crippen LogP contribution in [0.2, 0.25) is 0 Å². The standard InChI is InChI=1S/C19H17N3O4/c1-9-3-4-12(19(24)25)7-14(9)20-17(23)13-8-15(11-5-6-11)21-18-16(13)10(2)22-26-18/h3-4,7-8,11H,5-6H2,1-2H3,(H,20,23)(H,24,25). The van der Waals surface area contributed by atoms with Crippen LogP contribution in [-0.4, -0.2) is 27.1 Å². The smallest absolute Gasteiger partial charge is 0.335 e. The van der Waals surface area contributed by atoms with Crippen molar-refractivity contribution in [3.63, 3.8) is 0 Å². The highest BCUT2D eigenvalue weighted by molar-refractivity contribution is 6.12. The van der Waals surface area contributed by atoms with Crippen LogP contribution in [0.1, 0.15) is 56.4 Å². The van der Waals surface area contributed by atoms with E-state index in [1.807, 2.05) is 6.92 Å². The summed E-state index contributed by atoms with van der Waals surface area (Å²) in [5.74, 6) is -1.03. The Balaban J connectivity index is 1.76. The molecule has 1 aromatic carbocycles. The van der Waals surface area contributed by atoms with E-state index in [-0.39, 0.29) is 11.5 Å². The summed E-state index contributed by atoms with van der Waals surface area (Å²) < 4.78 is 5.26. The summed E-state index contributed by atoms with van der Waals surface area (Å²) in [4.78, 5) is 28.6. The molecule has 0 radical (unpaired) electrons. The van der Waals surface area contributed by atoms with Crippen LogP contribution in [-0.2, 0) is 0 Å². The maximum absolute atomic E-state index is 13.0. The maximum atomic E-state index is 13.0. The van der Waals surface area contributed by atoms with E-state index in [4.69, 9.17) is 9.63 Å². The largest absolute Gasteiger partial charge is 0.478 e. The van der Waals surface area contributed by atoms with Crippen molar-refractivity contribution in [3.05, 3.63) is 52.3 Å². The Labute approximate surface area is 149 Å². The number of anilines is 1. The number of carbonyl (C=O) groups excluding carboxylic acids is 1. The molecule has 0 atom stereocenters. The van der Waals surface area contributed by atoms with Gasteiger partial charge in [0, 0.05) is 17.3 Å². The number of hydrogen-bond acceptors (Lipinski definition) is 5. The number of aromatic carboxylic acids is 1. The third-order valence-electron chi connectivity index (χ3n) is 4.61. The van der Waals surface area contributed by atoms with Gasteiger partial charge in [0.2, 0.25) is 0 Å². The van der Waals surface area contributed by atoms with Crippen LogP contribution in [0.3, 0.4) is 0 Å². The minimum absolute atomic E-state index is 0.116. The number of carboxylic acid groups (broad SMARTS) is 1. The molecular weight excluding hydrogens is 334 g/mol. The monoisotopic (exact) mass is 351 g/mol. The first kappa shape index (κ1) is 16.3. The highest BCUT2D eigenvalue weighted by Gasteiger charge is 2.28. The Kier molecular flexibility index (Phi) is 3.72. The fourth-order valence-corrected chi connectivity index (χ4v) is 2.96. The van der Waals surface area contributed by atoms with E-state index in [0.717, 1.165) is 24.1 Å². The molecule has 0 unspecified atom stereocenters. The lowest BCUT2D eigenvalue weighted by Gasteiger charge is -2.11. The van der Waals surface area contributed by atoms with Crippen molar-refractivity contribution >= 4 is 28.7 Å². The zero-order valence-electron chi connectivity index (χ0n) is 14.4. The first-order valence-electron chi connectivity index (χ1n) is 8.36. The number of fused-ring (bicyclic) bond motifs is 1. The van der Waals surface area contributed by atoms with Gasteiger partial charge in [-0.15, -0.1) is 0 Å². The number of carbonyl (C=O) groups is 2. The fraction of sp³-hybridized carbons (Fsp3) is 0.263. The summed E-state index contributed by atoms with van der Waals surface area (Å²) >= 11 is 0. The van der Waals surface area contributed by atoms with Gasteiger partial charge in [0.05, 0.1) is 22.2 Å². The van der Waals surface area contributed by atoms with Crippen LogP contribution in [0.15, 0.2) is 28.8 Å². The number of aryl methyl sites for hydroxylation is 2. The molecule has 0 spiro atoms. The molecule has 2 N–H and O–H groups in total. The molecule has 0 saturated heterocycles. The summed E-state index contributed by atoms with van der Waals surface area (Å²) in [5.41, 5.74) is 3.57. The van der Waals surface area contributed by atoms with Crippen molar-refractivity contribution in [1.82, 2.24) is 10.1 Å². The number of hydrogen-bond donors (Lipinski definition) is 2. The van der Waals surface area contributed by atoms with Crippen molar-refractivity contribution in [1.29, 1.82) is 0 Å². The molecule has 4 rings (SSSR count). The van der Waals surface area contributed by atoms with E-state index in [1.165, 1.54) is 12.1 Å². The number of pyridine rings is 1.